The van der Waals surface area contributed by atoms with E-state index in [1.54, 1.807) is 18.2 Å². The fraction of sp³-hybridized carbons (Fsp3) is 0.118. The van der Waals surface area contributed by atoms with E-state index < -0.39 is 0 Å². The monoisotopic (exact) mass is 288 g/mol. The number of azide groups is 1. The first-order valence-electron chi connectivity index (χ1n) is 6.54. The highest BCUT2D eigenvalue weighted by molar-refractivity contribution is 5.49. The molecular weight excluding hydrogens is 276 g/mol. The summed E-state index contributed by atoms with van der Waals surface area (Å²) in [5.41, 5.74) is 10.4. The van der Waals surface area contributed by atoms with E-state index in [0.29, 0.717) is 23.5 Å². The first-order chi connectivity index (χ1) is 10.8. The summed E-state index contributed by atoms with van der Waals surface area (Å²) in [7, 11) is 0. The Bertz CT molecular complexity index is 791. The van der Waals surface area contributed by atoms with Crippen LogP contribution >= 0.6 is 0 Å². The Balaban J connectivity index is 2.15. The molecule has 0 amide bonds. The number of benzene rings is 2. The molecule has 0 saturated heterocycles. The van der Waals surface area contributed by atoms with Gasteiger partial charge in [-0.3, -0.25) is 0 Å². The van der Waals surface area contributed by atoms with Gasteiger partial charge < -0.3 is 4.74 Å². The average molecular weight is 288 g/mol. The van der Waals surface area contributed by atoms with E-state index in [4.69, 9.17) is 15.5 Å². The second kappa shape index (κ2) is 8.01. The number of rotatable bonds is 4. The second-order valence-corrected chi connectivity index (χ2v) is 4.29. The zero-order valence-electron chi connectivity index (χ0n) is 11.7. The van der Waals surface area contributed by atoms with Crippen LogP contribution < -0.4 is 4.74 Å². The van der Waals surface area contributed by atoms with Gasteiger partial charge >= 0.3 is 0 Å². The van der Waals surface area contributed by atoms with Crippen molar-refractivity contribution in [1.29, 1.82) is 5.26 Å². The van der Waals surface area contributed by atoms with Gasteiger partial charge in [0.25, 0.3) is 0 Å². The van der Waals surface area contributed by atoms with Gasteiger partial charge in [-0.15, -0.1) is 0 Å². The van der Waals surface area contributed by atoms with Crippen LogP contribution in [0, 0.1) is 23.2 Å². The molecule has 0 N–H and O–H groups in total. The molecule has 0 heterocycles. The van der Waals surface area contributed by atoms with Crippen LogP contribution in [0.3, 0.4) is 0 Å². The fourth-order valence-corrected chi connectivity index (χ4v) is 1.76. The summed E-state index contributed by atoms with van der Waals surface area (Å²) in [5.74, 6) is 6.09. The zero-order chi connectivity index (χ0) is 15.6. The molecule has 0 spiro atoms. The van der Waals surface area contributed by atoms with Gasteiger partial charge in [0.2, 0.25) is 0 Å². The highest BCUT2D eigenvalue weighted by atomic mass is 16.5. The third kappa shape index (κ3) is 4.31. The molecule has 0 atom stereocenters. The summed E-state index contributed by atoms with van der Waals surface area (Å²) in [6.07, 6.45) is 0. The minimum Gasteiger partial charge on any atom is -0.487 e. The Morgan fingerprint density at radius 3 is 2.73 bits per heavy atom. The molecule has 0 saturated carbocycles. The Kier molecular flexibility index (Phi) is 5.46. The lowest BCUT2D eigenvalue weighted by molar-refractivity contribution is 0.305. The van der Waals surface area contributed by atoms with Crippen molar-refractivity contribution in [2.75, 3.05) is 6.54 Å². The maximum Gasteiger partial charge on any atom is 0.138 e. The SMILES string of the molecule is N#Cc1ccc(C#CCN=[N+]=[N-])cc1OCc1ccccc1. The number of hydrogen-bond donors (Lipinski definition) is 0. The lowest BCUT2D eigenvalue weighted by Crippen LogP contribution is -1.97. The Morgan fingerprint density at radius 2 is 2.00 bits per heavy atom. The average Bonchev–Trinajstić information content (AvgIpc) is 2.58. The molecule has 0 aliphatic carbocycles. The van der Waals surface area contributed by atoms with E-state index >= 15 is 0 Å². The third-order valence-electron chi connectivity index (χ3n) is 2.78. The molecule has 5 nitrogen and oxygen atoms in total. The summed E-state index contributed by atoms with van der Waals surface area (Å²) in [5, 5.41) is 12.5. The minimum atomic E-state index is 0.108. The van der Waals surface area contributed by atoms with E-state index in [0.717, 1.165) is 5.56 Å². The first kappa shape index (κ1) is 15.0. The predicted molar refractivity (Wildman–Crippen MR) is 82.8 cm³/mol. The van der Waals surface area contributed by atoms with E-state index in [2.05, 4.69) is 27.9 Å². The van der Waals surface area contributed by atoms with Crippen molar-refractivity contribution in [3.05, 3.63) is 75.7 Å². The second-order valence-electron chi connectivity index (χ2n) is 4.29. The van der Waals surface area contributed by atoms with Crippen molar-refractivity contribution in [3.63, 3.8) is 0 Å². The van der Waals surface area contributed by atoms with Crippen molar-refractivity contribution in [3.8, 4) is 23.7 Å². The summed E-state index contributed by atoms with van der Waals surface area (Å²) in [6, 6.07) is 16.9. The molecule has 0 unspecified atom stereocenters. The van der Waals surface area contributed by atoms with Gasteiger partial charge in [0, 0.05) is 10.5 Å². The molecule has 0 aromatic heterocycles. The molecule has 22 heavy (non-hydrogen) atoms. The fourth-order valence-electron chi connectivity index (χ4n) is 1.76. The molecular formula is C17H12N4O. The summed E-state index contributed by atoms with van der Waals surface area (Å²) in [4.78, 5) is 2.63. The van der Waals surface area contributed by atoms with E-state index in [9.17, 15) is 0 Å². The largest absolute Gasteiger partial charge is 0.487 e. The topological polar surface area (TPSA) is 81.8 Å². The van der Waals surface area contributed by atoms with E-state index in [-0.39, 0.29) is 6.54 Å². The predicted octanol–water partition coefficient (Wildman–Crippen LogP) is 3.80. The summed E-state index contributed by atoms with van der Waals surface area (Å²) >= 11 is 0. The molecule has 106 valence electrons. The normalized spacial score (nSPS) is 8.86. The van der Waals surface area contributed by atoms with Crippen molar-refractivity contribution in [2.45, 2.75) is 6.61 Å². The van der Waals surface area contributed by atoms with Gasteiger partial charge in [0.15, 0.2) is 0 Å². The minimum absolute atomic E-state index is 0.108. The standard InChI is InChI=1S/C17H12N4O/c18-12-16-9-8-14(7-4-10-20-21-19)11-17(16)22-13-15-5-2-1-3-6-15/h1-3,5-6,8-9,11H,10,13H2. The van der Waals surface area contributed by atoms with Gasteiger partial charge in [-0.1, -0.05) is 47.3 Å². The summed E-state index contributed by atoms with van der Waals surface area (Å²) < 4.78 is 5.71. The molecule has 2 aromatic carbocycles. The Hall–Kier alpha value is -3.40. The molecule has 0 fully saturated rings. The molecule has 0 aliphatic rings. The number of nitriles is 1. The van der Waals surface area contributed by atoms with Crippen LogP contribution in [0.15, 0.2) is 53.6 Å². The first-order valence-corrected chi connectivity index (χ1v) is 6.54. The maximum atomic E-state index is 9.13. The smallest absolute Gasteiger partial charge is 0.138 e. The molecule has 2 rings (SSSR count). The van der Waals surface area contributed by atoms with Gasteiger partial charge in [-0.2, -0.15) is 5.26 Å². The zero-order valence-corrected chi connectivity index (χ0v) is 11.7. The summed E-state index contributed by atoms with van der Waals surface area (Å²) in [6.45, 7) is 0.488. The maximum absolute atomic E-state index is 9.13. The highest BCUT2D eigenvalue weighted by Gasteiger charge is 2.04. The van der Waals surface area contributed by atoms with E-state index in [1.807, 2.05) is 30.3 Å². The molecule has 0 bridgehead atoms. The van der Waals surface area contributed by atoms with Crippen LogP contribution in [0.1, 0.15) is 16.7 Å². The Morgan fingerprint density at radius 1 is 1.18 bits per heavy atom. The van der Waals surface area contributed by atoms with Crippen molar-refractivity contribution in [1.82, 2.24) is 0 Å². The van der Waals surface area contributed by atoms with Gasteiger partial charge in [0.05, 0.1) is 12.1 Å². The quantitative estimate of drug-likeness (QED) is 0.371. The Labute approximate surface area is 128 Å². The van der Waals surface area contributed by atoms with Crippen LogP contribution in [0.4, 0.5) is 0 Å². The number of hydrogen-bond acceptors (Lipinski definition) is 3. The van der Waals surface area contributed by atoms with Crippen LogP contribution in [0.2, 0.25) is 0 Å². The number of ether oxygens (including phenoxy) is 1. The third-order valence-corrected chi connectivity index (χ3v) is 2.78. The van der Waals surface area contributed by atoms with Crippen molar-refractivity contribution in [2.24, 2.45) is 5.11 Å². The van der Waals surface area contributed by atoms with Crippen molar-refractivity contribution < 1.29 is 4.74 Å². The van der Waals surface area contributed by atoms with Gasteiger partial charge in [-0.05, 0) is 29.3 Å². The highest BCUT2D eigenvalue weighted by Crippen LogP contribution is 2.20. The van der Waals surface area contributed by atoms with Crippen LogP contribution in [0.25, 0.3) is 10.4 Å². The van der Waals surface area contributed by atoms with Crippen LogP contribution in [-0.2, 0) is 6.61 Å². The lowest BCUT2D eigenvalue weighted by Gasteiger charge is -2.08. The molecule has 0 radical (unpaired) electrons. The van der Waals surface area contributed by atoms with Crippen LogP contribution in [-0.4, -0.2) is 6.54 Å². The lowest BCUT2D eigenvalue weighted by atomic mass is 10.1. The van der Waals surface area contributed by atoms with E-state index in [1.165, 1.54) is 0 Å². The van der Waals surface area contributed by atoms with Gasteiger partial charge in [-0.25, -0.2) is 0 Å². The molecule has 0 aliphatic heterocycles. The van der Waals surface area contributed by atoms with Gasteiger partial charge in [0.1, 0.15) is 18.4 Å². The van der Waals surface area contributed by atoms with Crippen LogP contribution in [0.5, 0.6) is 5.75 Å². The molecule has 5 heteroatoms. The van der Waals surface area contributed by atoms with Crippen molar-refractivity contribution >= 4 is 0 Å². The number of nitrogens with zero attached hydrogens (tertiary/aromatic N) is 4. The molecule has 2 aromatic rings.